The summed E-state index contributed by atoms with van der Waals surface area (Å²) in [6.45, 7) is 22.3. The van der Waals surface area contributed by atoms with Gasteiger partial charge < -0.3 is 0 Å². The van der Waals surface area contributed by atoms with Crippen LogP contribution in [0, 0.1) is 104 Å². The Kier molecular flexibility index (Phi) is 34.3. The molecule has 0 fully saturated rings. The fraction of sp³-hybridized carbons (Fsp3) is 0.158. The number of aryl methyl sites for hydroxylation is 11. The standard InChI is InChI=1S/C11H9Cl.C11H10.C9H8.2C8H10.C7H6ClF.C7H6ClNO2.2C7H7Cl.CH4/c1-8-2-3-10-7-11(12)5-4-9(10)6-8;1-9-6-7-10-4-2-3-5-11(10)8-9;1-3-9-6-4-8(2)5-7-9;2*1-7-3-5-8(2)6-4-7;1-5-2-3-6(8)7(9)4-5;1-5-2-3-6(8)7(4-5)9(10)11;1-6-2-4-7(8)5-3-6;1-6-3-2-4-7(8)5-6;/h2-7H,1H3;2-8H,1H3;1,4-7H,2H3;2*3-6H,1-2H3;2-4H,1H3;2-4H,1H3;2*2-5H,1H3;1H4. The SMILES string of the molecule is C.C#Cc1ccc(C)cc1.Cc1ccc(C)cc1.Cc1ccc(C)cc1.Cc1ccc(Cl)c(F)c1.Cc1ccc(Cl)c([N+](=O)[O-])c1.Cc1ccc(Cl)cc1.Cc1ccc2cc(Cl)ccc2c1.Cc1ccc2ccccc2c1.Cc1cccc(Cl)c1. The lowest BCUT2D eigenvalue weighted by Crippen LogP contribution is -1.89. The van der Waals surface area contributed by atoms with E-state index in [1.165, 1.54) is 89.8 Å². The minimum atomic E-state index is -0.491. The molecule has 11 rings (SSSR count). The fourth-order valence-corrected chi connectivity index (χ4v) is 7.93. The molecule has 0 spiro atoms. The Morgan fingerprint density at radius 1 is 0.341 bits per heavy atom. The molecule has 0 aromatic heterocycles. The van der Waals surface area contributed by atoms with Gasteiger partial charge >= 0.3 is 0 Å². The van der Waals surface area contributed by atoms with Crippen LogP contribution in [0.15, 0.2) is 237 Å². The van der Waals surface area contributed by atoms with Crippen LogP contribution in [0.5, 0.6) is 0 Å². The molecule has 0 saturated heterocycles. The van der Waals surface area contributed by atoms with Gasteiger partial charge in [0.15, 0.2) is 0 Å². The number of nitrogens with zero attached hydrogens (tertiary/aromatic N) is 1. The molecule has 11 aromatic carbocycles. The van der Waals surface area contributed by atoms with E-state index in [4.69, 9.17) is 64.4 Å². The number of hydrogen-bond acceptors (Lipinski definition) is 2. The number of benzene rings is 11. The molecule has 9 heteroatoms. The Bertz CT molecular complexity index is 3560. The predicted octanol–water partition coefficient (Wildman–Crippen LogP) is 24.8. The number of fused-ring (bicyclic) bond motifs is 2. The summed E-state index contributed by atoms with van der Waals surface area (Å²) in [5.41, 5.74) is 14.2. The molecule has 0 N–H and O–H groups in total. The van der Waals surface area contributed by atoms with Crippen LogP contribution >= 0.6 is 58.0 Å². The first-order valence-corrected chi connectivity index (χ1v) is 28.8. The molecule has 0 aliphatic carbocycles. The van der Waals surface area contributed by atoms with Crippen molar-refractivity contribution in [1.29, 1.82) is 0 Å². The number of nitro benzene ring substituents is 1. The first-order chi connectivity index (χ1) is 39.9. The van der Waals surface area contributed by atoms with E-state index in [1.54, 1.807) is 25.1 Å². The van der Waals surface area contributed by atoms with Gasteiger partial charge in [-0.15, -0.1) is 6.42 Å². The van der Waals surface area contributed by atoms with Crippen LogP contribution in [-0.2, 0) is 0 Å². The first-order valence-electron chi connectivity index (χ1n) is 26.9. The van der Waals surface area contributed by atoms with E-state index in [0.29, 0.717) is 0 Å². The highest BCUT2D eigenvalue weighted by Crippen LogP contribution is 2.25. The maximum atomic E-state index is 12.4. The third-order valence-electron chi connectivity index (χ3n) is 11.9. The zero-order valence-corrected chi connectivity index (χ0v) is 53.4. The summed E-state index contributed by atoms with van der Waals surface area (Å²) in [7, 11) is 0. The van der Waals surface area contributed by atoms with Gasteiger partial charge in [-0.25, -0.2) is 4.39 Å². The van der Waals surface area contributed by atoms with Crippen LogP contribution in [0.1, 0.15) is 74.2 Å². The molecule has 0 atom stereocenters. The van der Waals surface area contributed by atoms with Gasteiger partial charge in [0.2, 0.25) is 0 Å². The molecular weight excluding hydrogens is 1160 g/mol. The molecule has 85 heavy (non-hydrogen) atoms. The smallest absolute Gasteiger partial charge is 0.258 e. The molecule has 0 heterocycles. The van der Waals surface area contributed by atoms with Crippen LogP contribution in [0.4, 0.5) is 10.1 Å². The second kappa shape index (κ2) is 39.8. The molecule has 3 nitrogen and oxygen atoms in total. The first kappa shape index (κ1) is 73.4. The summed E-state index contributed by atoms with van der Waals surface area (Å²) in [6.07, 6.45) is 5.15. The van der Waals surface area contributed by atoms with Gasteiger partial charge in [0.1, 0.15) is 10.8 Å². The molecule has 0 unspecified atom stereocenters. The van der Waals surface area contributed by atoms with Crippen molar-refractivity contribution in [2.45, 2.75) is 83.6 Å². The van der Waals surface area contributed by atoms with Crippen LogP contribution in [0.25, 0.3) is 21.5 Å². The Hall–Kier alpha value is -7.72. The summed E-state index contributed by atoms with van der Waals surface area (Å²) in [4.78, 5) is 9.80. The number of halogens is 6. The Morgan fingerprint density at radius 2 is 0.671 bits per heavy atom. The van der Waals surface area contributed by atoms with Gasteiger partial charge in [-0.3, -0.25) is 10.1 Å². The average Bonchev–Trinajstić information content (AvgIpc) is 3.64. The highest BCUT2D eigenvalue weighted by Gasteiger charge is 2.10. The normalized spacial score (nSPS) is 9.46. The van der Waals surface area contributed by atoms with Crippen LogP contribution in [0.2, 0.25) is 25.1 Å². The van der Waals surface area contributed by atoms with Crippen LogP contribution in [-0.4, -0.2) is 4.92 Å². The van der Waals surface area contributed by atoms with Crippen molar-refractivity contribution in [2.75, 3.05) is 0 Å². The topological polar surface area (TPSA) is 43.1 Å². The van der Waals surface area contributed by atoms with Crippen molar-refractivity contribution < 1.29 is 9.31 Å². The Balaban J connectivity index is 0.000000327. The van der Waals surface area contributed by atoms with Crippen molar-refractivity contribution >= 4 is 85.2 Å². The third-order valence-corrected chi connectivity index (χ3v) is 13.2. The van der Waals surface area contributed by atoms with E-state index in [9.17, 15) is 14.5 Å². The van der Waals surface area contributed by atoms with Gasteiger partial charge in [-0.1, -0.05) is 280 Å². The highest BCUT2D eigenvalue weighted by atomic mass is 35.5. The van der Waals surface area contributed by atoms with Crippen molar-refractivity contribution in [3.8, 4) is 12.3 Å². The lowest BCUT2D eigenvalue weighted by molar-refractivity contribution is -0.384. The van der Waals surface area contributed by atoms with Gasteiger partial charge in [-0.05, 0) is 181 Å². The molecule has 0 bridgehead atoms. The molecule has 0 saturated carbocycles. The third kappa shape index (κ3) is 31.1. The molecular formula is C76H77Cl5FNO2. The van der Waals surface area contributed by atoms with Gasteiger partial charge in [0.25, 0.3) is 5.69 Å². The maximum Gasteiger partial charge on any atom is 0.288 e. The van der Waals surface area contributed by atoms with Crippen molar-refractivity contribution in [3.05, 3.63) is 344 Å². The highest BCUT2D eigenvalue weighted by molar-refractivity contribution is 6.33. The summed E-state index contributed by atoms with van der Waals surface area (Å²) >= 11 is 28.1. The molecule has 0 aliphatic heterocycles. The second-order valence-electron chi connectivity index (χ2n) is 19.9. The molecule has 440 valence electrons. The van der Waals surface area contributed by atoms with E-state index in [2.05, 4.69) is 157 Å². The van der Waals surface area contributed by atoms with Gasteiger partial charge in [-0.2, -0.15) is 0 Å². The van der Waals surface area contributed by atoms with E-state index in [0.717, 1.165) is 31.8 Å². The van der Waals surface area contributed by atoms with Gasteiger partial charge in [0.05, 0.1) is 9.95 Å². The van der Waals surface area contributed by atoms with E-state index < -0.39 is 4.92 Å². The zero-order valence-electron chi connectivity index (χ0n) is 49.6. The van der Waals surface area contributed by atoms with E-state index in [-0.39, 0.29) is 29.0 Å². The summed E-state index contributed by atoms with van der Waals surface area (Å²) in [5, 5.41) is 18.2. The number of terminal acetylenes is 1. The van der Waals surface area contributed by atoms with Crippen molar-refractivity contribution in [3.63, 3.8) is 0 Å². The summed E-state index contributed by atoms with van der Waals surface area (Å²) in [5.74, 6) is 2.20. The number of nitro groups is 1. The molecule has 11 aromatic rings. The number of hydrogen-bond donors (Lipinski definition) is 0. The van der Waals surface area contributed by atoms with E-state index in [1.807, 2.05) is 119 Å². The lowest BCUT2D eigenvalue weighted by atomic mass is 10.1. The molecule has 0 aliphatic rings. The maximum absolute atomic E-state index is 12.4. The summed E-state index contributed by atoms with van der Waals surface area (Å²) < 4.78 is 12.4. The fourth-order valence-electron chi connectivity index (χ4n) is 7.07. The lowest BCUT2D eigenvalue weighted by Gasteiger charge is -1.98. The van der Waals surface area contributed by atoms with Crippen molar-refractivity contribution in [2.24, 2.45) is 0 Å². The quantitative estimate of drug-likeness (QED) is 0.0934. The molecule has 0 radical (unpaired) electrons. The predicted molar refractivity (Wildman–Crippen MR) is 371 cm³/mol. The van der Waals surface area contributed by atoms with Crippen molar-refractivity contribution in [1.82, 2.24) is 0 Å². The van der Waals surface area contributed by atoms with Crippen LogP contribution < -0.4 is 0 Å². The molecule has 0 amide bonds. The van der Waals surface area contributed by atoms with Gasteiger partial charge in [0, 0.05) is 26.7 Å². The van der Waals surface area contributed by atoms with Crippen LogP contribution in [0.3, 0.4) is 0 Å². The largest absolute Gasteiger partial charge is 0.288 e. The minimum Gasteiger partial charge on any atom is -0.258 e. The summed E-state index contributed by atoms with van der Waals surface area (Å²) in [6, 6.07) is 77.0. The zero-order chi connectivity index (χ0) is 62.1. The average molecular weight is 1230 g/mol. The Labute approximate surface area is 531 Å². The minimum absolute atomic E-state index is 0. The second-order valence-corrected chi connectivity index (χ2v) is 22.0. The Morgan fingerprint density at radius 3 is 1.07 bits per heavy atom. The van der Waals surface area contributed by atoms with E-state index >= 15 is 0 Å². The monoisotopic (exact) mass is 1230 g/mol. The number of rotatable bonds is 1.